The smallest absolute Gasteiger partial charge is 0.200 e. The molecule has 5 atom stereocenters. The fourth-order valence-corrected chi connectivity index (χ4v) is 6.08. The number of nitrogens with zero attached hydrogens (tertiary/aromatic N) is 1. The lowest BCUT2D eigenvalue weighted by molar-refractivity contribution is -0.117. The summed E-state index contributed by atoms with van der Waals surface area (Å²) >= 11 is 0. The van der Waals surface area contributed by atoms with Crippen molar-refractivity contribution in [1.29, 1.82) is 0 Å². The van der Waals surface area contributed by atoms with Crippen LogP contribution in [0, 0.1) is 34.0 Å². The van der Waals surface area contributed by atoms with Crippen LogP contribution in [0.25, 0.3) is 0 Å². The Balaban J connectivity index is 2.30. The highest BCUT2D eigenvalue weighted by Gasteiger charge is 2.67. The van der Waals surface area contributed by atoms with E-state index in [-0.39, 0.29) is 34.1 Å². The molecule has 0 aromatic carbocycles. The Labute approximate surface area is 216 Å². The molecule has 5 unspecified atom stereocenters. The number of piperidine rings is 1. The molecule has 0 aromatic rings. The van der Waals surface area contributed by atoms with Crippen LogP contribution in [0.1, 0.15) is 81.6 Å². The van der Waals surface area contributed by atoms with Gasteiger partial charge in [0.2, 0.25) is 0 Å². The highest BCUT2D eigenvalue weighted by atomic mass is 16.1. The fourth-order valence-electron chi connectivity index (χ4n) is 6.08. The number of nitrogens with one attached hydrogen (secondary N) is 2. The van der Waals surface area contributed by atoms with Crippen molar-refractivity contribution >= 4 is 5.78 Å². The second-order valence-electron chi connectivity index (χ2n) is 13.7. The average Bonchev–Trinajstić information content (AvgIpc) is 3.08. The van der Waals surface area contributed by atoms with E-state index in [1.165, 1.54) is 5.70 Å². The molecule has 1 aliphatic carbocycles. The van der Waals surface area contributed by atoms with Crippen LogP contribution in [0.3, 0.4) is 0 Å². The summed E-state index contributed by atoms with van der Waals surface area (Å²) in [7, 11) is 0. The molecule has 198 valence electrons. The second kappa shape index (κ2) is 10.6. The zero-order valence-corrected chi connectivity index (χ0v) is 24.2. The first kappa shape index (κ1) is 29.3. The number of fused-ring (bicyclic) bond motifs is 1. The molecule has 0 amide bonds. The molecule has 4 nitrogen and oxygen atoms in total. The molecule has 4 heteroatoms. The van der Waals surface area contributed by atoms with Crippen molar-refractivity contribution in [3.8, 4) is 0 Å². The van der Waals surface area contributed by atoms with Crippen molar-refractivity contribution in [3.05, 3.63) is 49.5 Å². The number of allylic oxidation sites excluding steroid dienone is 1. The number of carbonyl (C=O) groups excluding carboxylic acids is 1. The molecule has 1 heterocycles. The minimum Gasteiger partial charge on any atom is -0.379 e. The molecule has 35 heavy (non-hydrogen) atoms. The fraction of sp³-hybridized carbons (Fsp3) is 0.710. The Morgan fingerprint density at radius 2 is 1.74 bits per heavy atom. The zero-order valence-electron chi connectivity index (χ0n) is 24.2. The number of hydrogen-bond acceptors (Lipinski definition) is 4. The van der Waals surface area contributed by atoms with Gasteiger partial charge in [-0.1, -0.05) is 94.5 Å². The van der Waals surface area contributed by atoms with E-state index in [2.05, 4.69) is 97.6 Å². The quantitative estimate of drug-likeness (QED) is 0.226. The van der Waals surface area contributed by atoms with Crippen molar-refractivity contribution < 1.29 is 4.79 Å². The monoisotopic (exact) mass is 483 g/mol. The lowest BCUT2D eigenvalue weighted by Crippen LogP contribution is -2.47. The Morgan fingerprint density at radius 3 is 2.23 bits per heavy atom. The van der Waals surface area contributed by atoms with Crippen molar-refractivity contribution in [2.45, 2.75) is 93.7 Å². The van der Waals surface area contributed by atoms with Gasteiger partial charge >= 0.3 is 0 Å². The standard InChI is InChI=1S/C31H53N3O/c1-14-16-25(28(35)21(4)32-17-15-2)33-20(3)27-26-24(31(26,12)13)19-34(27)22(5)23(30(9,10)11)18-29(6,7)8/h15,23-27,32-33H,2-5,14,16-19H2,1,6-13H3. The summed E-state index contributed by atoms with van der Waals surface area (Å²) in [4.78, 5) is 15.7. The molecule has 1 saturated carbocycles. The normalized spacial score (nSPS) is 24.7. The third-order valence-corrected chi connectivity index (χ3v) is 8.21. The van der Waals surface area contributed by atoms with Gasteiger partial charge in [-0.3, -0.25) is 4.79 Å². The van der Waals surface area contributed by atoms with Gasteiger partial charge < -0.3 is 15.5 Å². The SMILES string of the molecule is C=CCNC(=C)C(=O)C(CCC)NC(=C)C1C2C(CN1C(=C)C(CC(C)(C)C)C(C)(C)C)C2(C)C. The van der Waals surface area contributed by atoms with Crippen LogP contribution in [0.2, 0.25) is 0 Å². The molecule has 2 aliphatic rings. The van der Waals surface area contributed by atoms with E-state index in [1.54, 1.807) is 6.08 Å². The Hall–Kier alpha value is -1.97. The first-order valence-corrected chi connectivity index (χ1v) is 13.5. The van der Waals surface area contributed by atoms with Gasteiger partial charge in [-0.2, -0.15) is 0 Å². The summed E-state index contributed by atoms with van der Waals surface area (Å²) in [5.41, 5.74) is 3.20. The van der Waals surface area contributed by atoms with E-state index in [4.69, 9.17) is 6.58 Å². The van der Waals surface area contributed by atoms with Crippen LogP contribution in [0.4, 0.5) is 0 Å². The minimum atomic E-state index is -0.332. The topological polar surface area (TPSA) is 44.4 Å². The molecule has 0 bridgehead atoms. The number of ketones is 1. The third kappa shape index (κ3) is 6.62. The van der Waals surface area contributed by atoms with Gasteiger partial charge in [-0.05, 0) is 40.9 Å². The van der Waals surface area contributed by atoms with E-state index in [0.29, 0.717) is 30.0 Å². The summed E-state index contributed by atoms with van der Waals surface area (Å²) in [5, 5.41) is 6.64. The lowest BCUT2D eigenvalue weighted by Gasteiger charge is -2.44. The van der Waals surface area contributed by atoms with Crippen LogP contribution >= 0.6 is 0 Å². The van der Waals surface area contributed by atoms with Crippen LogP contribution in [0.5, 0.6) is 0 Å². The van der Waals surface area contributed by atoms with Gasteiger partial charge in [0.25, 0.3) is 0 Å². The lowest BCUT2D eigenvalue weighted by atomic mass is 9.70. The molecule has 2 fully saturated rings. The van der Waals surface area contributed by atoms with E-state index in [0.717, 1.165) is 31.5 Å². The number of Topliss-reactive ketones (excluding diaryl/α,β-unsaturated/α-hetero) is 1. The second-order valence-corrected chi connectivity index (χ2v) is 13.7. The van der Waals surface area contributed by atoms with Gasteiger partial charge in [0, 0.05) is 30.4 Å². The largest absolute Gasteiger partial charge is 0.379 e. The molecule has 2 N–H and O–H groups in total. The summed E-state index contributed by atoms with van der Waals surface area (Å²) in [6, 6.07) is -0.185. The zero-order chi connectivity index (χ0) is 26.9. The third-order valence-electron chi connectivity index (χ3n) is 8.21. The van der Waals surface area contributed by atoms with Crippen molar-refractivity contribution in [2.75, 3.05) is 13.1 Å². The predicted octanol–water partition coefficient (Wildman–Crippen LogP) is 6.69. The Kier molecular flexibility index (Phi) is 8.83. The van der Waals surface area contributed by atoms with E-state index < -0.39 is 0 Å². The van der Waals surface area contributed by atoms with Gasteiger partial charge in [0.1, 0.15) is 0 Å². The number of carbonyl (C=O) groups is 1. The number of hydrogen-bond donors (Lipinski definition) is 2. The first-order chi connectivity index (χ1) is 16.0. The molecule has 2 rings (SSSR count). The highest BCUT2D eigenvalue weighted by Crippen LogP contribution is 2.66. The van der Waals surface area contributed by atoms with Crippen molar-refractivity contribution in [2.24, 2.45) is 34.0 Å². The maximum absolute atomic E-state index is 13.2. The first-order valence-electron chi connectivity index (χ1n) is 13.5. The molecule has 0 radical (unpaired) electrons. The maximum atomic E-state index is 13.2. The van der Waals surface area contributed by atoms with Crippen LogP contribution < -0.4 is 10.6 Å². The summed E-state index contributed by atoms with van der Waals surface area (Å²) < 4.78 is 0. The van der Waals surface area contributed by atoms with Crippen molar-refractivity contribution in [3.63, 3.8) is 0 Å². The predicted molar refractivity (Wildman–Crippen MR) is 151 cm³/mol. The van der Waals surface area contributed by atoms with Gasteiger partial charge in [-0.15, -0.1) is 6.58 Å². The molecule has 1 saturated heterocycles. The molecular weight excluding hydrogens is 430 g/mol. The van der Waals surface area contributed by atoms with Crippen LogP contribution in [-0.2, 0) is 4.79 Å². The van der Waals surface area contributed by atoms with Gasteiger partial charge in [0.15, 0.2) is 5.78 Å². The Morgan fingerprint density at radius 1 is 1.14 bits per heavy atom. The maximum Gasteiger partial charge on any atom is 0.200 e. The van der Waals surface area contributed by atoms with Crippen LogP contribution in [0.15, 0.2) is 49.5 Å². The molecule has 0 aromatic heterocycles. The minimum absolute atomic E-state index is 0.00475. The summed E-state index contributed by atoms with van der Waals surface area (Å²) in [6.07, 6.45) is 4.47. The Bertz CT molecular complexity index is 838. The van der Waals surface area contributed by atoms with E-state index in [1.807, 2.05) is 0 Å². The van der Waals surface area contributed by atoms with E-state index in [9.17, 15) is 4.79 Å². The van der Waals surface area contributed by atoms with Crippen molar-refractivity contribution in [1.82, 2.24) is 15.5 Å². The average molecular weight is 484 g/mol. The molecule has 1 aliphatic heterocycles. The highest BCUT2D eigenvalue weighted by molar-refractivity contribution is 5.98. The number of likely N-dealkylation sites (tertiary alicyclic amines) is 1. The van der Waals surface area contributed by atoms with Gasteiger partial charge in [-0.25, -0.2) is 0 Å². The number of rotatable bonds is 13. The summed E-state index contributed by atoms with van der Waals surface area (Å²) in [5.74, 6) is 1.52. The van der Waals surface area contributed by atoms with Gasteiger partial charge in [0.05, 0.1) is 17.8 Å². The van der Waals surface area contributed by atoms with Crippen LogP contribution in [-0.4, -0.2) is 35.9 Å². The van der Waals surface area contributed by atoms with E-state index >= 15 is 0 Å². The molecule has 0 spiro atoms. The molecular formula is C31H53N3O. The summed E-state index contributed by atoms with van der Waals surface area (Å²) in [6.45, 7) is 39.2.